The van der Waals surface area contributed by atoms with Crippen molar-refractivity contribution in [2.24, 2.45) is 0 Å². The first-order valence-electron chi connectivity index (χ1n) is 8.07. The van der Waals surface area contributed by atoms with Crippen LogP contribution in [0.25, 0.3) is 22.9 Å². The quantitative estimate of drug-likeness (QED) is 0.566. The molecule has 0 saturated carbocycles. The monoisotopic (exact) mass is 346 g/mol. The van der Waals surface area contributed by atoms with Crippen LogP contribution in [-0.4, -0.2) is 11.6 Å². The van der Waals surface area contributed by atoms with Gasteiger partial charge in [-0.1, -0.05) is 29.8 Å². The molecule has 2 aromatic carbocycles. The zero-order valence-corrected chi connectivity index (χ0v) is 15.0. The minimum Gasteiger partial charge on any atom is -0.494 e. The molecule has 0 bridgehead atoms. The van der Waals surface area contributed by atoms with Crippen molar-refractivity contribution in [3.05, 3.63) is 70.0 Å². The van der Waals surface area contributed by atoms with E-state index in [2.05, 4.69) is 11.1 Å². The predicted octanol–water partition coefficient (Wildman–Crippen LogP) is 5.58. The second-order valence-electron chi connectivity index (χ2n) is 5.58. The molecule has 4 heteroatoms. The second-order valence-corrected chi connectivity index (χ2v) is 6.43. The Balaban J connectivity index is 1.86. The molecule has 1 heterocycles. The van der Waals surface area contributed by atoms with Crippen LogP contribution in [0, 0.1) is 18.3 Å². The molecule has 0 aliphatic heterocycles. The van der Waals surface area contributed by atoms with E-state index in [0.717, 1.165) is 27.6 Å². The van der Waals surface area contributed by atoms with Crippen molar-refractivity contribution in [1.82, 2.24) is 4.98 Å². The van der Waals surface area contributed by atoms with E-state index in [9.17, 15) is 5.26 Å². The third kappa shape index (κ3) is 4.14. The first-order valence-corrected chi connectivity index (χ1v) is 8.95. The number of ether oxygens (including phenoxy) is 1. The van der Waals surface area contributed by atoms with Gasteiger partial charge in [0.15, 0.2) is 0 Å². The van der Waals surface area contributed by atoms with E-state index in [1.807, 2.05) is 73.8 Å². The summed E-state index contributed by atoms with van der Waals surface area (Å²) in [6, 6.07) is 18.2. The molecule has 1 aromatic heterocycles. The number of hydrogen-bond acceptors (Lipinski definition) is 4. The van der Waals surface area contributed by atoms with Crippen LogP contribution in [0.5, 0.6) is 5.75 Å². The zero-order valence-electron chi connectivity index (χ0n) is 14.2. The van der Waals surface area contributed by atoms with E-state index in [0.29, 0.717) is 12.2 Å². The van der Waals surface area contributed by atoms with Gasteiger partial charge in [-0.05, 0) is 49.8 Å². The van der Waals surface area contributed by atoms with E-state index in [1.54, 1.807) is 0 Å². The number of hydrogen-bond donors (Lipinski definition) is 0. The third-order valence-corrected chi connectivity index (χ3v) is 4.58. The molecular weight excluding hydrogens is 328 g/mol. The molecular formula is C21H18N2OS. The van der Waals surface area contributed by atoms with E-state index in [1.165, 1.54) is 16.9 Å². The fraction of sp³-hybridized carbons (Fsp3) is 0.143. The Kier molecular flexibility index (Phi) is 5.27. The topological polar surface area (TPSA) is 45.9 Å². The zero-order chi connectivity index (χ0) is 17.6. The normalized spacial score (nSPS) is 11.2. The van der Waals surface area contributed by atoms with Gasteiger partial charge in [0.1, 0.15) is 16.8 Å². The third-order valence-electron chi connectivity index (χ3n) is 3.70. The molecule has 3 nitrogen and oxygen atoms in total. The van der Waals surface area contributed by atoms with Crippen LogP contribution >= 0.6 is 11.3 Å². The molecule has 0 spiro atoms. The Morgan fingerprint density at radius 1 is 1.16 bits per heavy atom. The lowest BCUT2D eigenvalue weighted by atomic mass is 10.1. The molecule has 0 atom stereocenters. The van der Waals surface area contributed by atoms with Crippen molar-refractivity contribution in [1.29, 1.82) is 5.26 Å². The van der Waals surface area contributed by atoms with Gasteiger partial charge in [0.25, 0.3) is 0 Å². The number of aromatic nitrogens is 1. The molecule has 3 rings (SSSR count). The van der Waals surface area contributed by atoms with Crippen molar-refractivity contribution in [2.45, 2.75) is 13.8 Å². The smallest absolute Gasteiger partial charge is 0.134 e. The molecule has 0 aliphatic carbocycles. The van der Waals surface area contributed by atoms with Crippen LogP contribution in [0.2, 0.25) is 0 Å². The molecule has 124 valence electrons. The lowest BCUT2D eigenvalue weighted by Crippen LogP contribution is -1.90. The fourth-order valence-corrected chi connectivity index (χ4v) is 3.18. The summed E-state index contributed by atoms with van der Waals surface area (Å²) in [5.74, 6) is 0.846. The lowest BCUT2D eigenvalue weighted by molar-refractivity contribution is 0.340. The summed E-state index contributed by atoms with van der Waals surface area (Å²) >= 11 is 1.48. The number of benzene rings is 2. The average Bonchev–Trinajstić information content (AvgIpc) is 3.12. The number of thiazole rings is 1. The highest BCUT2D eigenvalue weighted by molar-refractivity contribution is 7.11. The van der Waals surface area contributed by atoms with Crippen LogP contribution in [0.3, 0.4) is 0 Å². The molecule has 0 unspecified atom stereocenters. The van der Waals surface area contributed by atoms with Crippen LogP contribution < -0.4 is 4.74 Å². The van der Waals surface area contributed by atoms with Crippen molar-refractivity contribution in [3.63, 3.8) is 0 Å². The summed E-state index contributed by atoms with van der Waals surface area (Å²) in [5.41, 5.74) is 4.65. The van der Waals surface area contributed by atoms with Crippen molar-refractivity contribution < 1.29 is 4.74 Å². The number of allylic oxidation sites excluding steroid dienone is 1. The maximum atomic E-state index is 9.50. The molecule has 3 aromatic rings. The van der Waals surface area contributed by atoms with Gasteiger partial charge in [-0.2, -0.15) is 5.26 Å². The molecule has 25 heavy (non-hydrogen) atoms. The molecule has 0 amide bonds. The maximum Gasteiger partial charge on any atom is 0.134 e. The highest BCUT2D eigenvalue weighted by Gasteiger charge is 2.09. The van der Waals surface area contributed by atoms with Crippen LogP contribution in [0.15, 0.2) is 53.9 Å². The van der Waals surface area contributed by atoms with Gasteiger partial charge in [0, 0.05) is 10.9 Å². The van der Waals surface area contributed by atoms with E-state index in [4.69, 9.17) is 4.74 Å². The SMILES string of the molecule is CCOc1ccc(-c2csc(/C(C#N)=C\c3ccc(C)cc3)n2)cc1. The van der Waals surface area contributed by atoms with Gasteiger partial charge in [0.05, 0.1) is 17.9 Å². The average molecular weight is 346 g/mol. The maximum absolute atomic E-state index is 9.50. The van der Waals surface area contributed by atoms with Gasteiger partial charge < -0.3 is 4.74 Å². The first kappa shape index (κ1) is 16.9. The van der Waals surface area contributed by atoms with Gasteiger partial charge in [-0.25, -0.2) is 4.98 Å². The Morgan fingerprint density at radius 2 is 1.88 bits per heavy atom. The van der Waals surface area contributed by atoms with Gasteiger partial charge in [-0.15, -0.1) is 11.3 Å². The minimum atomic E-state index is 0.575. The highest BCUT2D eigenvalue weighted by Crippen LogP contribution is 2.28. The molecule has 0 saturated heterocycles. The fourth-order valence-electron chi connectivity index (χ4n) is 2.39. The van der Waals surface area contributed by atoms with Gasteiger partial charge in [-0.3, -0.25) is 0 Å². The second kappa shape index (κ2) is 7.78. The molecule has 0 radical (unpaired) electrons. The Morgan fingerprint density at radius 3 is 2.52 bits per heavy atom. The Labute approximate surface area is 151 Å². The van der Waals surface area contributed by atoms with Crippen LogP contribution in [-0.2, 0) is 0 Å². The summed E-state index contributed by atoms with van der Waals surface area (Å²) in [5, 5.41) is 12.2. The number of nitrogens with zero attached hydrogens (tertiary/aromatic N) is 2. The molecule has 0 fully saturated rings. The van der Waals surface area contributed by atoms with Crippen molar-refractivity contribution >= 4 is 23.0 Å². The molecule has 0 N–H and O–H groups in total. The van der Waals surface area contributed by atoms with E-state index >= 15 is 0 Å². The van der Waals surface area contributed by atoms with Gasteiger partial charge in [0.2, 0.25) is 0 Å². The first-order chi connectivity index (χ1) is 12.2. The minimum absolute atomic E-state index is 0.575. The lowest BCUT2D eigenvalue weighted by Gasteiger charge is -2.03. The number of nitriles is 1. The summed E-state index contributed by atoms with van der Waals surface area (Å²) in [6.07, 6.45) is 1.88. The Bertz CT molecular complexity index is 916. The van der Waals surface area contributed by atoms with Gasteiger partial charge >= 0.3 is 0 Å². The Hall–Kier alpha value is -2.90. The molecule has 0 aliphatic rings. The van der Waals surface area contributed by atoms with Crippen LogP contribution in [0.4, 0.5) is 0 Å². The number of aryl methyl sites for hydroxylation is 1. The van der Waals surface area contributed by atoms with E-state index in [-0.39, 0.29) is 0 Å². The van der Waals surface area contributed by atoms with E-state index < -0.39 is 0 Å². The summed E-state index contributed by atoms with van der Waals surface area (Å²) in [7, 11) is 0. The standard InChI is InChI=1S/C21H18N2OS/c1-3-24-19-10-8-17(9-11-19)20-14-25-21(23-20)18(13-22)12-16-6-4-15(2)5-7-16/h4-12,14H,3H2,1-2H3/b18-12-. The van der Waals surface area contributed by atoms with Crippen LogP contribution in [0.1, 0.15) is 23.1 Å². The largest absolute Gasteiger partial charge is 0.494 e. The number of rotatable bonds is 5. The summed E-state index contributed by atoms with van der Waals surface area (Å²) < 4.78 is 5.46. The highest BCUT2D eigenvalue weighted by atomic mass is 32.1. The van der Waals surface area contributed by atoms with Crippen molar-refractivity contribution in [2.75, 3.05) is 6.61 Å². The summed E-state index contributed by atoms with van der Waals surface area (Å²) in [4.78, 5) is 4.63. The summed E-state index contributed by atoms with van der Waals surface area (Å²) in [6.45, 7) is 4.66. The predicted molar refractivity (Wildman–Crippen MR) is 103 cm³/mol. The van der Waals surface area contributed by atoms with Crippen molar-refractivity contribution in [3.8, 4) is 23.1 Å².